The Labute approximate surface area is 139 Å². The smallest absolute Gasteiger partial charge is 0.196 e. The number of benzene rings is 2. The van der Waals surface area contributed by atoms with Gasteiger partial charge in [-0.05, 0) is 31.9 Å². The normalized spacial score (nSPS) is 11.9. The van der Waals surface area contributed by atoms with E-state index in [1.165, 1.54) is 25.7 Å². The fraction of sp³-hybridized carbons (Fsp3) is 0.381. The van der Waals surface area contributed by atoms with Crippen LogP contribution in [-0.4, -0.2) is 11.9 Å². The second-order valence-corrected chi connectivity index (χ2v) is 5.97. The predicted molar refractivity (Wildman–Crippen MR) is 95.2 cm³/mol. The van der Waals surface area contributed by atoms with E-state index in [0.29, 0.717) is 16.9 Å². The molecule has 0 N–H and O–H groups in total. The van der Waals surface area contributed by atoms with Crippen molar-refractivity contribution in [1.29, 1.82) is 0 Å². The lowest BCUT2D eigenvalue weighted by Crippen LogP contribution is -2.14. The fourth-order valence-electron chi connectivity index (χ4n) is 2.64. The molecule has 0 radical (unpaired) electrons. The van der Waals surface area contributed by atoms with Crippen LogP contribution in [0.1, 0.15) is 61.9 Å². The number of hydrogen-bond donors (Lipinski definition) is 0. The molecule has 0 aliphatic rings. The maximum atomic E-state index is 12.7. The molecule has 23 heavy (non-hydrogen) atoms. The van der Waals surface area contributed by atoms with Crippen LogP contribution in [0.3, 0.4) is 0 Å². The summed E-state index contributed by atoms with van der Waals surface area (Å²) >= 11 is 0. The van der Waals surface area contributed by atoms with Crippen LogP contribution in [0.25, 0.3) is 0 Å². The number of hydrogen-bond acceptors (Lipinski definition) is 2. The molecule has 0 bridgehead atoms. The van der Waals surface area contributed by atoms with E-state index in [2.05, 4.69) is 13.8 Å². The van der Waals surface area contributed by atoms with Crippen LogP contribution in [0.2, 0.25) is 0 Å². The van der Waals surface area contributed by atoms with Crippen molar-refractivity contribution >= 4 is 5.78 Å². The number of para-hydroxylation sites is 1. The van der Waals surface area contributed by atoms with Crippen molar-refractivity contribution in [2.24, 2.45) is 0 Å². The molecule has 1 unspecified atom stereocenters. The van der Waals surface area contributed by atoms with Crippen LogP contribution in [0.15, 0.2) is 54.6 Å². The number of carbonyl (C=O) groups excluding carboxylic acids is 1. The van der Waals surface area contributed by atoms with E-state index in [1.807, 2.05) is 54.6 Å². The van der Waals surface area contributed by atoms with Gasteiger partial charge in [0.05, 0.1) is 11.7 Å². The van der Waals surface area contributed by atoms with Gasteiger partial charge in [0, 0.05) is 5.56 Å². The zero-order valence-corrected chi connectivity index (χ0v) is 14.1. The summed E-state index contributed by atoms with van der Waals surface area (Å²) in [4.78, 5) is 12.7. The lowest BCUT2D eigenvalue weighted by Gasteiger charge is -2.17. The van der Waals surface area contributed by atoms with Gasteiger partial charge in [0.15, 0.2) is 5.78 Å². The van der Waals surface area contributed by atoms with Crippen molar-refractivity contribution in [3.8, 4) is 5.75 Å². The van der Waals surface area contributed by atoms with Gasteiger partial charge in [0.1, 0.15) is 5.75 Å². The maximum Gasteiger partial charge on any atom is 0.196 e. The molecular formula is C21H26O2. The Morgan fingerprint density at radius 3 is 2.39 bits per heavy atom. The summed E-state index contributed by atoms with van der Waals surface area (Å²) in [5, 5.41) is 0. The Morgan fingerprint density at radius 2 is 1.65 bits per heavy atom. The molecule has 2 rings (SSSR count). The Hall–Kier alpha value is -2.09. The molecule has 1 atom stereocenters. The Morgan fingerprint density at radius 1 is 0.957 bits per heavy atom. The quantitative estimate of drug-likeness (QED) is 0.441. The molecule has 0 aliphatic carbocycles. The summed E-state index contributed by atoms with van der Waals surface area (Å²) in [6, 6.07) is 16.9. The highest BCUT2D eigenvalue weighted by Gasteiger charge is 2.15. The van der Waals surface area contributed by atoms with E-state index in [1.54, 1.807) is 0 Å². The van der Waals surface area contributed by atoms with Gasteiger partial charge in [-0.15, -0.1) is 0 Å². The number of carbonyl (C=O) groups is 1. The summed E-state index contributed by atoms with van der Waals surface area (Å²) in [7, 11) is 0. The second kappa shape index (κ2) is 9.14. The highest BCUT2D eigenvalue weighted by Crippen LogP contribution is 2.23. The molecule has 0 spiro atoms. The van der Waals surface area contributed by atoms with Crippen LogP contribution >= 0.6 is 0 Å². The minimum Gasteiger partial charge on any atom is -0.490 e. The third-order valence-corrected chi connectivity index (χ3v) is 3.96. The molecule has 122 valence electrons. The molecule has 0 aliphatic heterocycles. The second-order valence-electron chi connectivity index (χ2n) is 5.97. The lowest BCUT2D eigenvalue weighted by molar-refractivity contribution is 0.103. The van der Waals surface area contributed by atoms with Crippen LogP contribution in [0, 0.1) is 0 Å². The first-order valence-corrected chi connectivity index (χ1v) is 8.57. The molecule has 0 heterocycles. The van der Waals surface area contributed by atoms with Gasteiger partial charge in [0.2, 0.25) is 0 Å². The molecular weight excluding hydrogens is 284 g/mol. The van der Waals surface area contributed by atoms with E-state index in [-0.39, 0.29) is 11.9 Å². The zero-order chi connectivity index (χ0) is 16.5. The summed E-state index contributed by atoms with van der Waals surface area (Å²) < 4.78 is 6.05. The number of ether oxygens (including phenoxy) is 1. The van der Waals surface area contributed by atoms with Gasteiger partial charge in [-0.2, -0.15) is 0 Å². The minimum absolute atomic E-state index is 0.0133. The number of ketones is 1. The number of unbranched alkanes of at least 4 members (excludes halogenated alkanes) is 3. The average molecular weight is 310 g/mol. The van der Waals surface area contributed by atoms with E-state index in [4.69, 9.17) is 4.74 Å². The Kier molecular flexibility index (Phi) is 6.86. The highest BCUT2D eigenvalue weighted by atomic mass is 16.5. The van der Waals surface area contributed by atoms with Crippen molar-refractivity contribution in [1.82, 2.24) is 0 Å². The van der Waals surface area contributed by atoms with Gasteiger partial charge in [-0.1, -0.05) is 68.7 Å². The van der Waals surface area contributed by atoms with Crippen LogP contribution < -0.4 is 4.74 Å². The molecule has 2 nitrogen and oxygen atoms in total. The predicted octanol–water partition coefficient (Wildman–Crippen LogP) is 5.66. The molecule has 0 amide bonds. The third-order valence-electron chi connectivity index (χ3n) is 3.96. The standard InChI is InChI=1S/C21H26O2/c1-3-4-5-7-12-17(2)23-20-16-11-10-15-19(20)21(22)18-13-8-6-9-14-18/h6,8-11,13-17H,3-5,7,12H2,1-2H3. The monoisotopic (exact) mass is 310 g/mol. The van der Waals surface area contributed by atoms with Crippen molar-refractivity contribution in [2.45, 2.75) is 52.1 Å². The molecule has 0 fully saturated rings. The summed E-state index contributed by atoms with van der Waals surface area (Å²) in [5.41, 5.74) is 1.33. The summed E-state index contributed by atoms with van der Waals surface area (Å²) in [6.07, 6.45) is 6.07. The van der Waals surface area contributed by atoms with Crippen LogP contribution in [0.4, 0.5) is 0 Å². The first-order chi connectivity index (χ1) is 11.2. The van der Waals surface area contributed by atoms with Crippen molar-refractivity contribution in [3.05, 3.63) is 65.7 Å². The summed E-state index contributed by atoms with van der Waals surface area (Å²) in [5.74, 6) is 0.698. The van der Waals surface area contributed by atoms with E-state index < -0.39 is 0 Å². The maximum absolute atomic E-state index is 12.7. The van der Waals surface area contributed by atoms with Gasteiger partial charge in [0.25, 0.3) is 0 Å². The molecule has 0 saturated carbocycles. The van der Waals surface area contributed by atoms with Gasteiger partial charge in [-0.25, -0.2) is 0 Å². The van der Waals surface area contributed by atoms with Crippen LogP contribution in [0.5, 0.6) is 5.75 Å². The summed E-state index contributed by atoms with van der Waals surface area (Å²) in [6.45, 7) is 4.29. The van der Waals surface area contributed by atoms with Crippen molar-refractivity contribution in [3.63, 3.8) is 0 Å². The van der Waals surface area contributed by atoms with E-state index >= 15 is 0 Å². The van der Waals surface area contributed by atoms with Gasteiger partial charge >= 0.3 is 0 Å². The molecule has 0 aromatic heterocycles. The molecule has 2 aromatic rings. The molecule has 2 aromatic carbocycles. The van der Waals surface area contributed by atoms with Crippen LogP contribution in [-0.2, 0) is 0 Å². The first-order valence-electron chi connectivity index (χ1n) is 8.57. The van der Waals surface area contributed by atoms with Crippen molar-refractivity contribution in [2.75, 3.05) is 0 Å². The SMILES string of the molecule is CCCCCCC(C)Oc1ccccc1C(=O)c1ccccc1. The van der Waals surface area contributed by atoms with Gasteiger partial charge in [-0.3, -0.25) is 4.79 Å². The fourth-order valence-corrected chi connectivity index (χ4v) is 2.64. The largest absolute Gasteiger partial charge is 0.490 e. The van der Waals surface area contributed by atoms with E-state index in [0.717, 1.165) is 6.42 Å². The minimum atomic E-state index is 0.0133. The van der Waals surface area contributed by atoms with Gasteiger partial charge < -0.3 is 4.74 Å². The zero-order valence-electron chi connectivity index (χ0n) is 14.1. The number of rotatable bonds is 9. The Balaban J connectivity index is 2.04. The highest BCUT2D eigenvalue weighted by molar-refractivity contribution is 6.10. The average Bonchev–Trinajstić information content (AvgIpc) is 2.59. The lowest BCUT2D eigenvalue weighted by atomic mass is 10.0. The first kappa shape index (κ1) is 17.3. The van der Waals surface area contributed by atoms with Crippen molar-refractivity contribution < 1.29 is 9.53 Å². The van der Waals surface area contributed by atoms with E-state index in [9.17, 15) is 4.79 Å². The molecule has 0 saturated heterocycles. The Bertz CT molecular complexity index is 604. The third kappa shape index (κ3) is 5.24. The topological polar surface area (TPSA) is 26.3 Å². The molecule has 2 heteroatoms.